The van der Waals surface area contributed by atoms with Crippen molar-refractivity contribution in [3.63, 3.8) is 0 Å². The number of rotatable bonds is 5. The maximum atomic E-state index is 13.6. The SMILES string of the molecule is Cc1cc(S(=O)(=O)C2CC3(CCN(C(=O)OC(C)(C)C)CC3)C2)ccc1Nc1ncc2c(n1)N(C1CCCC1)C(=O)C21CC1. The van der Waals surface area contributed by atoms with Gasteiger partial charge in [-0.15, -0.1) is 0 Å². The molecule has 44 heavy (non-hydrogen) atoms. The predicted molar refractivity (Wildman–Crippen MR) is 167 cm³/mol. The van der Waals surface area contributed by atoms with E-state index in [1.807, 2.05) is 38.8 Å². The number of fused-ring (bicyclic) bond motifs is 2. The molecule has 2 amide bonds. The summed E-state index contributed by atoms with van der Waals surface area (Å²) in [5.41, 5.74) is 1.50. The molecule has 0 atom stereocenters. The van der Waals surface area contributed by atoms with Crippen molar-refractivity contribution in [3.05, 3.63) is 35.5 Å². The highest BCUT2D eigenvalue weighted by Gasteiger charge is 2.61. The summed E-state index contributed by atoms with van der Waals surface area (Å²) in [6.07, 6.45) is 10.4. The van der Waals surface area contributed by atoms with Crippen LogP contribution in [0, 0.1) is 12.3 Å². The van der Waals surface area contributed by atoms with Gasteiger partial charge in [0.1, 0.15) is 11.4 Å². The van der Waals surface area contributed by atoms with Gasteiger partial charge in [-0.1, -0.05) is 12.8 Å². The van der Waals surface area contributed by atoms with Gasteiger partial charge in [0.05, 0.1) is 15.6 Å². The Hall–Kier alpha value is -3.21. The summed E-state index contributed by atoms with van der Waals surface area (Å²) in [6, 6.07) is 5.39. The zero-order valence-corrected chi connectivity index (χ0v) is 27.0. The second kappa shape index (κ2) is 10.2. The Morgan fingerprint density at radius 1 is 1.07 bits per heavy atom. The molecule has 5 aliphatic rings. The molecule has 1 N–H and O–H groups in total. The topological polar surface area (TPSA) is 122 Å². The van der Waals surface area contributed by atoms with E-state index in [1.165, 1.54) is 0 Å². The van der Waals surface area contributed by atoms with Crippen LogP contribution >= 0.6 is 0 Å². The molecule has 2 aliphatic heterocycles. The molecule has 2 spiro atoms. The number of sulfone groups is 1. The highest BCUT2D eigenvalue weighted by molar-refractivity contribution is 7.92. The second-order valence-corrected chi connectivity index (χ2v) is 17.0. The molecule has 0 unspecified atom stereocenters. The highest BCUT2D eigenvalue weighted by atomic mass is 32.2. The van der Waals surface area contributed by atoms with Crippen molar-refractivity contribution in [1.82, 2.24) is 14.9 Å². The molecule has 3 heterocycles. The van der Waals surface area contributed by atoms with Crippen molar-refractivity contribution in [2.24, 2.45) is 5.41 Å². The van der Waals surface area contributed by atoms with Crippen molar-refractivity contribution in [2.75, 3.05) is 23.3 Å². The summed E-state index contributed by atoms with van der Waals surface area (Å²) in [4.78, 5) is 39.3. The number of ether oxygens (including phenoxy) is 1. The first-order valence-electron chi connectivity index (χ1n) is 16.1. The van der Waals surface area contributed by atoms with Gasteiger partial charge in [-0.05, 0) is 108 Å². The summed E-state index contributed by atoms with van der Waals surface area (Å²) in [7, 11) is -3.49. The second-order valence-electron chi connectivity index (χ2n) is 14.8. The van der Waals surface area contributed by atoms with Gasteiger partial charge in [0.15, 0.2) is 9.84 Å². The number of carbonyl (C=O) groups excluding carboxylic acids is 2. The fraction of sp³-hybridized carbons (Fsp3) is 0.636. The lowest BCUT2D eigenvalue weighted by molar-refractivity contribution is -0.120. The molecule has 3 aliphatic carbocycles. The van der Waals surface area contributed by atoms with E-state index >= 15 is 0 Å². The third-order valence-corrected chi connectivity index (χ3v) is 12.7. The van der Waals surface area contributed by atoms with Gasteiger partial charge < -0.3 is 15.0 Å². The zero-order valence-electron chi connectivity index (χ0n) is 26.2. The van der Waals surface area contributed by atoms with Crippen LogP contribution in [0.3, 0.4) is 0 Å². The van der Waals surface area contributed by atoms with Gasteiger partial charge in [0.25, 0.3) is 0 Å². The van der Waals surface area contributed by atoms with Crippen LogP contribution in [0.25, 0.3) is 0 Å². The molecular weight excluding hydrogens is 578 g/mol. The standard InChI is InChI=1S/C33H43N5O5S/c1-21-17-23(44(41,42)24-18-32(19-24)13-15-37(16-14-32)30(40)43-31(2,3)4)9-10-26(21)35-29-34-20-25-27(36-29)38(22-7-5-6-8-22)28(39)33(25)11-12-33/h9-10,17,20,22,24H,5-8,11-16,18-19H2,1-4H3,(H,34,35,36). The largest absolute Gasteiger partial charge is 0.444 e. The van der Waals surface area contributed by atoms with E-state index in [2.05, 4.69) is 10.3 Å². The lowest BCUT2D eigenvalue weighted by atomic mass is 9.63. The summed E-state index contributed by atoms with van der Waals surface area (Å²) >= 11 is 0. The number of amides is 2. The molecule has 1 aromatic heterocycles. The smallest absolute Gasteiger partial charge is 0.410 e. The maximum absolute atomic E-state index is 13.6. The number of carbonyl (C=O) groups is 2. The Bertz CT molecular complexity index is 1610. The molecule has 10 nitrogen and oxygen atoms in total. The summed E-state index contributed by atoms with van der Waals surface area (Å²) in [5, 5.41) is 2.87. The molecule has 3 saturated carbocycles. The van der Waals surface area contributed by atoms with Crippen LogP contribution in [-0.4, -0.2) is 65.3 Å². The number of anilines is 3. The van der Waals surface area contributed by atoms with Crippen LogP contribution in [-0.2, 0) is 24.8 Å². The molecule has 4 fully saturated rings. The Kier molecular flexibility index (Phi) is 6.81. The first-order valence-corrected chi connectivity index (χ1v) is 17.7. The lowest BCUT2D eigenvalue weighted by Crippen LogP contribution is -2.53. The number of hydrogen-bond donors (Lipinski definition) is 1. The van der Waals surface area contributed by atoms with Crippen LogP contribution < -0.4 is 10.2 Å². The number of hydrogen-bond acceptors (Lipinski definition) is 8. The first-order chi connectivity index (χ1) is 20.8. The third kappa shape index (κ3) is 4.95. The van der Waals surface area contributed by atoms with Crippen LogP contribution in [0.15, 0.2) is 29.3 Å². The fourth-order valence-corrected chi connectivity index (χ4v) is 9.93. The predicted octanol–water partition coefficient (Wildman–Crippen LogP) is 5.80. The van der Waals surface area contributed by atoms with Crippen molar-refractivity contribution < 1.29 is 22.7 Å². The summed E-state index contributed by atoms with van der Waals surface area (Å²) in [5.74, 6) is 1.34. The number of aryl methyl sites for hydroxylation is 1. The average molecular weight is 622 g/mol. The molecule has 0 radical (unpaired) electrons. The number of likely N-dealkylation sites (tertiary alicyclic amines) is 1. The number of piperidine rings is 1. The number of nitrogens with one attached hydrogen (secondary N) is 1. The maximum Gasteiger partial charge on any atom is 0.410 e. The average Bonchev–Trinajstić information content (AvgIpc) is 3.51. The van der Waals surface area contributed by atoms with Crippen molar-refractivity contribution in [2.45, 2.75) is 119 Å². The van der Waals surface area contributed by atoms with Gasteiger partial charge in [0, 0.05) is 36.6 Å². The number of benzene rings is 1. The Balaban J connectivity index is 1.01. The minimum absolute atomic E-state index is 0.0233. The minimum atomic E-state index is -3.49. The van der Waals surface area contributed by atoms with Gasteiger partial charge in [-0.25, -0.2) is 18.2 Å². The normalized spacial score (nSPS) is 22.8. The molecule has 7 rings (SSSR count). The Morgan fingerprint density at radius 3 is 2.36 bits per heavy atom. The van der Waals surface area contributed by atoms with Gasteiger partial charge in [0.2, 0.25) is 11.9 Å². The first kappa shape index (κ1) is 29.5. The molecular formula is C33H43N5O5S. The Labute approximate surface area is 259 Å². The van der Waals surface area contributed by atoms with Gasteiger partial charge in [-0.2, -0.15) is 4.98 Å². The Morgan fingerprint density at radius 2 is 1.75 bits per heavy atom. The van der Waals surface area contributed by atoms with Crippen LogP contribution in [0.1, 0.15) is 96.1 Å². The highest BCUT2D eigenvalue weighted by Crippen LogP contribution is 2.58. The van der Waals surface area contributed by atoms with Crippen molar-refractivity contribution in [1.29, 1.82) is 0 Å². The van der Waals surface area contributed by atoms with Gasteiger partial charge >= 0.3 is 6.09 Å². The lowest BCUT2D eigenvalue weighted by Gasteiger charge is -2.51. The molecule has 2 aromatic rings. The van der Waals surface area contributed by atoms with E-state index in [-0.39, 0.29) is 23.5 Å². The van der Waals surface area contributed by atoms with Crippen LogP contribution in [0.2, 0.25) is 0 Å². The molecule has 0 bridgehead atoms. The molecule has 1 saturated heterocycles. The van der Waals surface area contributed by atoms with E-state index in [9.17, 15) is 18.0 Å². The van der Waals surface area contributed by atoms with Crippen molar-refractivity contribution >= 4 is 39.3 Å². The minimum Gasteiger partial charge on any atom is -0.444 e. The van der Waals surface area contributed by atoms with Crippen LogP contribution in [0.5, 0.6) is 0 Å². The van der Waals surface area contributed by atoms with Crippen molar-refractivity contribution in [3.8, 4) is 0 Å². The van der Waals surface area contributed by atoms with E-state index in [4.69, 9.17) is 9.72 Å². The van der Waals surface area contributed by atoms with E-state index < -0.39 is 26.1 Å². The third-order valence-electron chi connectivity index (χ3n) is 10.6. The summed E-state index contributed by atoms with van der Waals surface area (Å²) in [6.45, 7) is 8.66. The van der Waals surface area contributed by atoms with E-state index in [0.29, 0.717) is 36.8 Å². The van der Waals surface area contributed by atoms with E-state index in [1.54, 1.807) is 23.1 Å². The fourth-order valence-electron chi connectivity index (χ4n) is 7.80. The van der Waals surface area contributed by atoms with Gasteiger partial charge in [-0.3, -0.25) is 9.69 Å². The van der Waals surface area contributed by atoms with E-state index in [0.717, 1.165) is 74.0 Å². The monoisotopic (exact) mass is 621 g/mol. The summed E-state index contributed by atoms with van der Waals surface area (Å²) < 4.78 is 32.7. The van der Waals surface area contributed by atoms with Crippen LogP contribution in [0.4, 0.5) is 22.2 Å². The molecule has 11 heteroatoms. The number of nitrogens with zero attached hydrogens (tertiary/aromatic N) is 4. The number of aromatic nitrogens is 2. The quantitative estimate of drug-likeness (QED) is 0.445. The molecule has 236 valence electrons. The molecule has 1 aromatic carbocycles. The zero-order chi connectivity index (χ0) is 31.1.